The van der Waals surface area contributed by atoms with Gasteiger partial charge in [0.15, 0.2) is 0 Å². The summed E-state index contributed by atoms with van der Waals surface area (Å²) in [7, 11) is 0. The Morgan fingerprint density at radius 2 is 2.06 bits per heavy atom. The molecule has 1 atom stereocenters. The van der Waals surface area contributed by atoms with Crippen LogP contribution in [0.5, 0.6) is 0 Å². The maximum Gasteiger partial charge on any atom is 0.225 e. The van der Waals surface area contributed by atoms with Crippen LogP contribution >= 0.6 is 0 Å². The van der Waals surface area contributed by atoms with E-state index < -0.39 is 0 Å². The molecule has 18 heavy (non-hydrogen) atoms. The standard InChI is InChI=1S/C14H26N2O2/c1-11(9-12-5-4-6-12)13(17)15-7-8-16(18)14(2,3)10-15/h11-12,18H,4-10H2,1-3H3/t11-/m1/s1. The van der Waals surface area contributed by atoms with Crippen molar-refractivity contribution in [1.29, 1.82) is 0 Å². The summed E-state index contributed by atoms with van der Waals surface area (Å²) in [6, 6.07) is 0. The number of carbonyl (C=O) groups is 1. The predicted molar refractivity (Wildman–Crippen MR) is 70.3 cm³/mol. The van der Waals surface area contributed by atoms with Gasteiger partial charge in [-0.15, -0.1) is 0 Å². The van der Waals surface area contributed by atoms with E-state index in [0.717, 1.165) is 12.3 Å². The molecule has 1 aliphatic heterocycles. The molecule has 1 saturated heterocycles. The molecule has 0 bridgehead atoms. The maximum absolute atomic E-state index is 12.4. The van der Waals surface area contributed by atoms with Gasteiger partial charge in [0.2, 0.25) is 5.91 Å². The number of amides is 1. The SMILES string of the molecule is C[C@H](CC1CCC1)C(=O)N1CCN(O)C(C)(C)C1. The highest BCUT2D eigenvalue weighted by Gasteiger charge is 2.36. The molecule has 0 aromatic heterocycles. The van der Waals surface area contributed by atoms with Gasteiger partial charge in [0, 0.05) is 25.6 Å². The third kappa shape index (κ3) is 2.86. The Hall–Kier alpha value is -0.610. The van der Waals surface area contributed by atoms with Crippen molar-refractivity contribution in [1.82, 2.24) is 9.96 Å². The van der Waals surface area contributed by atoms with Crippen LogP contribution in [0, 0.1) is 11.8 Å². The van der Waals surface area contributed by atoms with Crippen LogP contribution in [0.25, 0.3) is 0 Å². The second kappa shape index (κ2) is 5.17. The molecule has 0 spiro atoms. The van der Waals surface area contributed by atoms with E-state index in [4.69, 9.17) is 0 Å². The van der Waals surface area contributed by atoms with E-state index in [-0.39, 0.29) is 17.4 Å². The number of hydrogen-bond donors (Lipinski definition) is 1. The molecule has 0 unspecified atom stereocenters. The van der Waals surface area contributed by atoms with Gasteiger partial charge in [0.05, 0.1) is 5.54 Å². The molecule has 0 aromatic rings. The summed E-state index contributed by atoms with van der Waals surface area (Å²) in [6.07, 6.45) is 4.97. The molecule has 1 saturated carbocycles. The Balaban J connectivity index is 1.88. The fraction of sp³-hybridized carbons (Fsp3) is 0.929. The summed E-state index contributed by atoms with van der Waals surface area (Å²) >= 11 is 0. The lowest BCUT2D eigenvalue weighted by atomic mass is 9.79. The van der Waals surface area contributed by atoms with Crippen molar-refractivity contribution in [3.05, 3.63) is 0 Å². The first-order valence-corrected chi connectivity index (χ1v) is 7.15. The Morgan fingerprint density at radius 1 is 1.39 bits per heavy atom. The van der Waals surface area contributed by atoms with Crippen molar-refractivity contribution < 1.29 is 10.0 Å². The first-order valence-electron chi connectivity index (χ1n) is 7.15. The number of rotatable bonds is 3. The van der Waals surface area contributed by atoms with Crippen LogP contribution in [0.3, 0.4) is 0 Å². The second-order valence-corrected chi connectivity index (χ2v) is 6.63. The Labute approximate surface area is 110 Å². The van der Waals surface area contributed by atoms with Crippen molar-refractivity contribution in [2.45, 2.75) is 52.0 Å². The average Bonchev–Trinajstić information content (AvgIpc) is 2.26. The molecule has 1 amide bonds. The number of carbonyl (C=O) groups excluding carboxylic acids is 1. The fourth-order valence-corrected chi connectivity index (χ4v) is 2.97. The summed E-state index contributed by atoms with van der Waals surface area (Å²) in [5.74, 6) is 1.18. The number of hydroxylamine groups is 2. The minimum Gasteiger partial charge on any atom is -0.339 e. The number of piperazine rings is 1. The van der Waals surface area contributed by atoms with Crippen molar-refractivity contribution in [3.63, 3.8) is 0 Å². The predicted octanol–water partition coefficient (Wildman–Crippen LogP) is 2.12. The maximum atomic E-state index is 12.4. The van der Waals surface area contributed by atoms with Gasteiger partial charge in [-0.1, -0.05) is 26.2 Å². The Morgan fingerprint density at radius 3 is 2.56 bits per heavy atom. The highest BCUT2D eigenvalue weighted by atomic mass is 16.5. The lowest BCUT2D eigenvalue weighted by Gasteiger charge is -2.44. The second-order valence-electron chi connectivity index (χ2n) is 6.63. The van der Waals surface area contributed by atoms with Crippen molar-refractivity contribution >= 4 is 5.91 Å². The number of hydrogen-bond acceptors (Lipinski definition) is 3. The van der Waals surface area contributed by atoms with Crippen LogP contribution in [0.1, 0.15) is 46.5 Å². The van der Waals surface area contributed by atoms with Gasteiger partial charge >= 0.3 is 0 Å². The van der Waals surface area contributed by atoms with Crippen molar-refractivity contribution in [3.8, 4) is 0 Å². The van der Waals surface area contributed by atoms with E-state index in [2.05, 4.69) is 6.92 Å². The topological polar surface area (TPSA) is 43.8 Å². The summed E-state index contributed by atoms with van der Waals surface area (Å²) in [5, 5.41) is 11.1. The van der Waals surface area contributed by atoms with E-state index in [9.17, 15) is 10.0 Å². The molecular weight excluding hydrogens is 228 g/mol. The average molecular weight is 254 g/mol. The third-order valence-corrected chi connectivity index (χ3v) is 4.50. The lowest BCUT2D eigenvalue weighted by molar-refractivity contribution is -0.194. The molecule has 1 heterocycles. The largest absolute Gasteiger partial charge is 0.339 e. The zero-order chi connectivity index (χ0) is 13.3. The normalized spacial score (nSPS) is 26.8. The van der Waals surface area contributed by atoms with Crippen LogP contribution in [-0.4, -0.2) is 46.3 Å². The van der Waals surface area contributed by atoms with Gasteiger partial charge in [-0.3, -0.25) is 4.79 Å². The summed E-state index contributed by atoms with van der Waals surface area (Å²) in [4.78, 5) is 14.3. The molecule has 104 valence electrons. The molecule has 4 nitrogen and oxygen atoms in total. The zero-order valence-electron chi connectivity index (χ0n) is 11.9. The summed E-state index contributed by atoms with van der Waals surface area (Å²) in [5.41, 5.74) is -0.329. The molecular formula is C14H26N2O2. The first kappa shape index (κ1) is 13.8. The van der Waals surface area contributed by atoms with Gasteiger partial charge in [0.1, 0.15) is 0 Å². The van der Waals surface area contributed by atoms with Gasteiger partial charge < -0.3 is 10.1 Å². The minimum absolute atomic E-state index is 0.136. The highest BCUT2D eigenvalue weighted by molar-refractivity contribution is 5.78. The molecule has 0 aromatic carbocycles. The van der Waals surface area contributed by atoms with Crippen LogP contribution < -0.4 is 0 Å². The fourth-order valence-electron chi connectivity index (χ4n) is 2.97. The third-order valence-electron chi connectivity index (χ3n) is 4.50. The Bertz CT molecular complexity index is 313. The molecule has 2 rings (SSSR count). The van der Waals surface area contributed by atoms with Gasteiger partial charge in [-0.25, -0.2) is 0 Å². The van der Waals surface area contributed by atoms with Crippen molar-refractivity contribution in [2.24, 2.45) is 11.8 Å². The number of nitrogens with zero attached hydrogens (tertiary/aromatic N) is 2. The van der Waals surface area contributed by atoms with E-state index in [1.54, 1.807) is 0 Å². The summed E-state index contributed by atoms with van der Waals surface area (Å²) < 4.78 is 0. The van der Waals surface area contributed by atoms with Gasteiger partial charge in [0.25, 0.3) is 0 Å². The Kier molecular flexibility index (Phi) is 3.97. The smallest absolute Gasteiger partial charge is 0.225 e. The molecule has 1 N–H and O–H groups in total. The van der Waals surface area contributed by atoms with E-state index in [1.165, 1.54) is 24.3 Å². The van der Waals surface area contributed by atoms with Crippen LogP contribution in [-0.2, 0) is 4.79 Å². The molecule has 2 fully saturated rings. The van der Waals surface area contributed by atoms with Crippen molar-refractivity contribution in [2.75, 3.05) is 19.6 Å². The van der Waals surface area contributed by atoms with E-state index >= 15 is 0 Å². The van der Waals surface area contributed by atoms with Crippen LogP contribution in [0.2, 0.25) is 0 Å². The monoisotopic (exact) mass is 254 g/mol. The molecule has 1 aliphatic carbocycles. The first-order chi connectivity index (χ1) is 8.40. The summed E-state index contributed by atoms with van der Waals surface area (Å²) in [6.45, 7) is 7.82. The quantitative estimate of drug-likeness (QED) is 0.839. The van der Waals surface area contributed by atoms with Crippen LogP contribution in [0.15, 0.2) is 0 Å². The zero-order valence-corrected chi connectivity index (χ0v) is 11.9. The van der Waals surface area contributed by atoms with Gasteiger partial charge in [-0.2, -0.15) is 5.06 Å². The molecule has 2 aliphatic rings. The van der Waals surface area contributed by atoms with Crippen LogP contribution in [0.4, 0.5) is 0 Å². The lowest BCUT2D eigenvalue weighted by Crippen LogP contribution is -2.59. The van der Waals surface area contributed by atoms with E-state index in [1.807, 2.05) is 18.7 Å². The van der Waals surface area contributed by atoms with E-state index in [0.29, 0.717) is 19.6 Å². The molecule has 4 heteroatoms. The molecule has 0 radical (unpaired) electrons. The van der Waals surface area contributed by atoms with Gasteiger partial charge in [-0.05, 0) is 26.2 Å². The highest BCUT2D eigenvalue weighted by Crippen LogP contribution is 2.33. The minimum atomic E-state index is -0.329.